The molecule has 1 saturated heterocycles. The summed E-state index contributed by atoms with van der Waals surface area (Å²) in [5.74, 6) is 2.18. The molecule has 1 heterocycles. The number of hydrogen-bond acceptors (Lipinski definition) is 4. The van der Waals surface area contributed by atoms with Gasteiger partial charge in [-0.15, -0.1) is 11.8 Å². The number of thioether (sulfide) groups is 1. The van der Waals surface area contributed by atoms with E-state index in [1.807, 2.05) is 24.6 Å². The average molecular weight is 229 g/mol. The Morgan fingerprint density at radius 1 is 1.60 bits per heavy atom. The molecular formula is C9H20BN3OS. The molecule has 3 N–H and O–H groups in total. The van der Waals surface area contributed by atoms with Gasteiger partial charge in [0.15, 0.2) is 7.98 Å². The number of nitrogens with two attached hydrogens (primary N) is 1. The summed E-state index contributed by atoms with van der Waals surface area (Å²) in [4.78, 5) is 13.9. The van der Waals surface area contributed by atoms with Crippen molar-refractivity contribution in [1.82, 2.24) is 10.1 Å². The number of unbranched alkanes of at least 4 members (excludes halogenated alkanes) is 1. The standard InChI is InChI=1S/C9H20BN3OS/c10-12-8(3-1-2-4-11)9(14)13-5-6-15-7-13/h8,12H,1-7,10-11H2/t8-/m0/s1. The van der Waals surface area contributed by atoms with Crippen molar-refractivity contribution >= 4 is 25.7 Å². The van der Waals surface area contributed by atoms with E-state index in [9.17, 15) is 4.79 Å². The molecule has 86 valence electrons. The summed E-state index contributed by atoms with van der Waals surface area (Å²) < 4.78 is 0. The Labute approximate surface area is 96.8 Å². The topological polar surface area (TPSA) is 58.4 Å². The highest BCUT2D eigenvalue weighted by Gasteiger charge is 2.24. The van der Waals surface area contributed by atoms with Gasteiger partial charge < -0.3 is 15.9 Å². The van der Waals surface area contributed by atoms with E-state index in [-0.39, 0.29) is 11.9 Å². The second-order valence-electron chi connectivity index (χ2n) is 3.76. The highest BCUT2D eigenvalue weighted by atomic mass is 32.2. The minimum absolute atomic E-state index is 0.0183. The Balaban J connectivity index is 2.32. The Bertz CT molecular complexity index is 200. The van der Waals surface area contributed by atoms with E-state index in [2.05, 4.69) is 5.23 Å². The molecule has 0 aliphatic carbocycles. The van der Waals surface area contributed by atoms with Gasteiger partial charge in [0.05, 0.1) is 11.9 Å². The number of rotatable bonds is 6. The van der Waals surface area contributed by atoms with Crippen molar-refractivity contribution in [3.05, 3.63) is 0 Å². The van der Waals surface area contributed by atoms with E-state index in [0.29, 0.717) is 6.54 Å². The van der Waals surface area contributed by atoms with Crippen molar-refractivity contribution < 1.29 is 4.79 Å². The molecule has 1 amide bonds. The van der Waals surface area contributed by atoms with Crippen LogP contribution in [0, 0.1) is 0 Å². The largest absolute Gasteiger partial charge is 0.352 e. The van der Waals surface area contributed by atoms with Gasteiger partial charge in [0.1, 0.15) is 0 Å². The fraction of sp³-hybridized carbons (Fsp3) is 0.889. The van der Waals surface area contributed by atoms with Gasteiger partial charge in [0, 0.05) is 12.3 Å². The van der Waals surface area contributed by atoms with Crippen LogP contribution in [0.15, 0.2) is 0 Å². The fourth-order valence-corrected chi connectivity index (χ4v) is 2.65. The van der Waals surface area contributed by atoms with Gasteiger partial charge in [-0.05, 0) is 19.4 Å². The lowest BCUT2D eigenvalue weighted by molar-refractivity contribution is -0.131. The molecule has 0 radical (unpaired) electrons. The molecule has 1 atom stereocenters. The van der Waals surface area contributed by atoms with Crippen molar-refractivity contribution in [3.8, 4) is 0 Å². The summed E-state index contributed by atoms with van der Waals surface area (Å²) in [6.45, 7) is 1.61. The first-order chi connectivity index (χ1) is 7.29. The first kappa shape index (κ1) is 12.9. The summed E-state index contributed by atoms with van der Waals surface area (Å²) in [5.41, 5.74) is 5.44. The quantitative estimate of drug-likeness (QED) is 0.460. The van der Waals surface area contributed by atoms with Gasteiger partial charge in [-0.3, -0.25) is 4.79 Å². The van der Waals surface area contributed by atoms with Gasteiger partial charge in [0.25, 0.3) is 0 Å². The number of nitrogens with one attached hydrogen (secondary N) is 1. The van der Waals surface area contributed by atoms with Crippen LogP contribution in [0.2, 0.25) is 0 Å². The number of carbonyl (C=O) groups excluding carboxylic acids is 1. The molecule has 1 aliphatic rings. The molecule has 0 spiro atoms. The molecule has 0 unspecified atom stereocenters. The molecule has 0 aromatic carbocycles. The molecular weight excluding hydrogens is 209 g/mol. The summed E-state index contributed by atoms with van der Waals surface area (Å²) in [6.07, 6.45) is 2.92. The van der Waals surface area contributed by atoms with Gasteiger partial charge in [-0.25, -0.2) is 0 Å². The second kappa shape index (κ2) is 7.14. The number of nitrogens with zero attached hydrogens (tertiary/aromatic N) is 1. The van der Waals surface area contributed by atoms with Crippen LogP contribution in [0.25, 0.3) is 0 Å². The Hall–Kier alpha value is -0.195. The van der Waals surface area contributed by atoms with Gasteiger partial charge in [-0.2, -0.15) is 0 Å². The zero-order valence-electron chi connectivity index (χ0n) is 9.37. The number of amides is 1. The molecule has 1 rings (SSSR count). The van der Waals surface area contributed by atoms with E-state index < -0.39 is 0 Å². The second-order valence-corrected chi connectivity index (χ2v) is 4.84. The van der Waals surface area contributed by atoms with E-state index in [4.69, 9.17) is 5.73 Å². The maximum absolute atomic E-state index is 12.0. The van der Waals surface area contributed by atoms with Gasteiger partial charge in [0.2, 0.25) is 5.91 Å². The third-order valence-corrected chi connectivity index (χ3v) is 3.62. The molecule has 1 aliphatic heterocycles. The Morgan fingerprint density at radius 2 is 2.40 bits per heavy atom. The molecule has 15 heavy (non-hydrogen) atoms. The minimum Gasteiger partial charge on any atom is -0.352 e. The van der Waals surface area contributed by atoms with Gasteiger partial charge >= 0.3 is 0 Å². The maximum atomic E-state index is 12.0. The molecule has 0 aromatic heterocycles. The maximum Gasteiger partial charge on any atom is 0.239 e. The van der Waals surface area contributed by atoms with Crippen LogP contribution in [0.3, 0.4) is 0 Å². The molecule has 0 saturated carbocycles. The molecule has 4 nitrogen and oxygen atoms in total. The lowest BCUT2D eigenvalue weighted by atomic mass is 10.1. The van der Waals surface area contributed by atoms with Crippen LogP contribution in [0.1, 0.15) is 19.3 Å². The predicted octanol–water partition coefficient (Wildman–Crippen LogP) is -0.845. The average Bonchev–Trinajstić information content (AvgIpc) is 2.77. The highest BCUT2D eigenvalue weighted by Crippen LogP contribution is 2.15. The van der Waals surface area contributed by atoms with Crippen LogP contribution >= 0.6 is 11.8 Å². The van der Waals surface area contributed by atoms with Crippen LogP contribution in [0.5, 0.6) is 0 Å². The van der Waals surface area contributed by atoms with Crippen molar-refractivity contribution in [3.63, 3.8) is 0 Å². The Morgan fingerprint density at radius 3 is 2.93 bits per heavy atom. The monoisotopic (exact) mass is 229 g/mol. The smallest absolute Gasteiger partial charge is 0.239 e. The summed E-state index contributed by atoms with van der Waals surface area (Å²) >= 11 is 1.82. The third-order valence-electron chi connectivity index (χ3n) is 2.66. The zero-order chi connectivity index (χ0) is 11.1. The third kappa shape index (κ3) is 4.05. The first-order valence-corrected chi connectivity index (χ1v) is 6.69. The SMILES string of the molecule is BN[C@@H](CCCCN)C(=O)N1CCSC1. The van der Waals surface area contributed by atoms with Crippen molar-refractivity contribution in [2.24, 2.45) is 5.73 Å². The highest BCUT2D eigenvalue weighted by molar-refractivity contribution is 7.99. The van der Waals surface area contributed by atoms with E-state index in [1.165, 1.54) is 0 Å². The van der Waals surface area contributed by atoms with Crippen molar-refractivity contribution in [2.75, 3.05) is 24.7 Å². The summed E-state index contributed by atoms with van der Waals surface area (Å²) in [5, 5.41) is 3.10. The molecule has 6 heteroatoms. The fourth-order valence-electron chi connectivity index (χ4n) is 1.69. The van der Waals surface area contributed by atoms with Crippen molar-refractivity contribution in [1.29, 1.82) is 0 Å². The van der Waals surface area contributed by atoms with E-state index >= 15 is 0 Å². The Kier molecular flexibility index (Phi) is 6.13. The predicted molar refractivity (Wildman–Crippen MR) is 67.4 cm³/mol. The van der Waals surface area contributed by atoms with Crippen LogP contribution < -0.4 is 11.0 Å². The summed E-state index contributed by atoms with van der Waals surface area (Å²) in [6, 6.07) is -0.0183. The minimum atomic E-state index is -0.0183. The number of carbonyl (C=O) groups is 1. The summed E-state index contributed by atoms with van der Waals surface area (Å²) in [7, 11) is 1.86. The van der Waals surface area contributed by atoms with E-state index in [1.54, 1.807) is 0 Å². The first-order valence-electron chi connectivity index (χ1n) is 5.53. The van der Waals surface area contributed by atoms with Crippen LogP contribution in [0.4, 0.5) is 0 Å². The molecule has 0 bridgehead atoms. The van der Waals surface area contributed by atoms with Crippen LogP contribution in [-0.4, -0.2) is 49.5 Å². The zero-order valence-corrected chi connectivity index (χ0v) is 10.2. The lowest BCUT2D eigenvalue weighted by Crippen LogP contribution is -2.44. The van der Waals surface area contributed by atoms with E-state index in [0.717, 1.165) is 37.4 Å². The number of hydrogen-bond donors (Lipinski definition) is 2. The lowest BCUT2D eigenvalue weighted by Gasteiger charge is -2.22. The normalized spacial score (nSPS) is 18.1. The van der Waals surface area contributed by atoms with Gasteiger partial charge in [-0.1, -0.05) is 6.42 Å². The molecule has 0 aromatic rings. The molecule has 1 fully saturated rings. The van der Waals surface area contributed by atoms with Crippen LogP contribution in [-0.2, 0) is 4.79 Å². The van der Waals surface area contributed by atoms with Crippen molar-refractivity contribution in [2.45, 2.75) is 25.3 Å².